The average molecular weight is 395 g/mol. The number of methoxy groups -OCH3 is 2. The minimum Gasteiger partial charge on any atom is -0.493 e. The standard InChI is InChI=1S/C20H23FN2O3.ClH/c1-25-18-7-6-14(10-19(18)26-2)11-20(24)23-9-8-22-13-17(23)15-4-3-5-16(21)12-15;/h3-7,10,12,17,22H,8-9,11,13H2,1-2H3;1H. The van der Waals surface area contributed by atoms with Crippen LogP contribution in [0.3, 0.4) is 0 Å². The number of halogens is 2. The molecule has 0 spiro atoms. The normalized spacial score (nSPS) is 16.4. The molecule has 2 aromatic rings. The lowest BCUT2D eigenvalue weighted by Gasteiger charge is -2.36. The van der Waals surface area contributed by atoms with Gasteiger partial charge in [-0.1, -0.05) is 18.2 Å². The summed E-state index contributed by atoms with van der Waals surface area (Å²) in [4.78, 5) is 14.7. The van der Waals surface area contributed by atoms with E-state index in [-0.39, 0.29) is 36.6 Å². The molecule has 1 aliphatic rings. The van der Waals surface area contributed by atoms with Gasteiger partial charge in [-0.3, -0.25) is 4.79 Å². The monoisotopic (exact) mass is 394 g/mol. The van der Waals surface area contributed by atoms with Gasteiger partial charge in [-0.25, -0.2) is 4.39 Å². The summed E-state index contributed by atoms with van der Waals surface area (Å²) in [7, 11) is 3.15. The molecule has 3 rings (SSSR count). The number of amides is 1. The Hall–Kier alpha value is -2.31. The van der Waals surface area contributed by atoms with Gasteiger partial charge in [0.2, 0.25) is 5.91 Å². The fourth-order valence-corrected chi connectivity index (χ4v) is 3.28. The Labute approximate surface area is 164 Å². The van der Waals surface area contributed by atoms with E-state index >= 15 is 0 Å². The Kier molecular flexibility index (Phi) is 7.45. The van der Waals surface area contributed by atoms with Crippen LogP contribution in [-0.4, -0.2) is 44.7 Å². The van der Waals surface area contributed by atoms with Crippen molar-refractivity contribution in [2.24, 2.45) is 0 Å². The van der Waals surface area contributed by atoms with E-state index < -0.39 is 0 Å². The SMILES string of the molecule is COc1ccc(CC(=O)N2CCNCC2c2cccc(F)c2)cc1OC.Cl. The van der Waals surface area contributed by atoms with Crippen LogP contribution in [0.5, 0.6) is 11.5 Å². The van der Waals surface area contributed by atoms with Gasteiger partial charge in [-0.05, 0) is 35.4 Å². The van der Waals surface area contributed by atoms with E-state index in [1.54, 1.807) is 26.4 Å². The number of hydrogen-bond donors (Lipinski definition) is 1. The number of ether oxygens (including phenoxy) is 2. The van der Waals surface area contributed by atoms with E-state index in [0.29, 0.717) is 24.6 Å². The number of carbonyl (C=O) groups is 1. The molecule has 1 saturated heterocycles. The summed E-state index contributed by atoms with van der Waals surface area (Å²) in [6.45, 7) is 1.93. The van der Waals surface area contributed by atoms with Gasteiger partial charge >= 0.3 is 0 Å². The second-order valence-electron chi connectivity index (χ2n) is 6.23. The third kappa shape index (κ3) is 4.90. The minimum atomic E-state index is -0.291. The number of carbonyl (C=O) groups excluding carboxylic acids is 1. The minimum absolute atomic E-state index is 0. The second-order valence-corrected chi connectivity index (χ2v) is 6.23. The summed E-state index contributed by atoms with van der Waals surface area (Å²) in [6.07, 6.45) is 0.256. The van der Waals surface area contributed by atoms with Crippen LogP contribution in [0.1, 0.15) is 17.2 Å². The van der Waals surface area contributed by atoms with Crippen molar-refractivity contribution in [1.29, 1.82) is 0 Å². The molecule has 1 fully saturated rings. The lowest BCUT2D eigenvalue weighted by atomic mass is 10.0. The van der Waals surface area contributed by atoms with E-state index in [1.165, 1.54) is 12.1 Å². The molecule has 0 bridgehead atoms. The number of piperazine rings is 1. The van der Waals surface area contributed by atoms with Crippen molar-refractivity contribution < 1.29 is 18.7 Å². The maximum Gasteiger partial charge on any atom is 0.227 e. The third-order valence-corrected chi connectivity index (χ3v) is 4.60. The van der Waals surface area contributed by atoms with Gasteiger partial charge in [0, 0.05) is 19.6 Å². The van der Waals surface area contributed by atoms with Crippen LogP contribution in [-0.2, 0) is 11.2 Å². The van der Waals surface area contributed by atoms with Crippen LogP contribution in [0.15, 0.2) is 42.5 Å². The highest BCUT2D eigenvalue weighted by Crippen LogP contribution is 2.29. The first kappa shape index (κ1) is 21.0. The number of rotatable bonds is 5. The molecule has 1 amide bonds. The zero-order chi connectivity index (χ0) is 18.5. The summed E-state index contributed by atoms with van der Waals surface area (Å²) in [5.74, 6) is 0.941. The highest BCUT2D eigenvalue weighted by molar-refractivity contribution is 5.85. The maximum atomic E-state index is 13.6. The van der Waals surface area contributed by atoms with Gasteiger partial charge in [0.05, 0.1) is 26.7 Å². The van der Waals surface area contributed by atoms with Gasteiger partial charge < -0.3 is 19.7 Å². The first-order chi connectivity index (χ1) is 12.6. The molecule has 146 valence electrons. The van der Waals surface area contributed by atoms with Crippen molar-refractivity contribution >= 4 is 18.3 Å². The molecule has 5 nitrogen and oxygen atoms in total. The summed E-state index contributed by atoms with van der Waals surface area (Å²) >= 11 is 0. The number of benzene rings is 2. The van der Waals surface area contributed by atoms with Gasteiger partial charge in [0.25, 0.3) is 0 Å². The molecule has 1 unspecified atom stereocenters. The van der Waals surface area contributed by atoms with Gasteiger partial charge in [0.15, 0.2) is 11.5 Å². The molecule has 0 radical (unpaired) electrons. The highest BCUT2D eigenvalue weighted by atomic mass is 35.5. The Balaban J connectivity index is 0.00000261. The molecule has 0 aromatic heterocycles. The fourth-order valence-electron chi connectivity index (χ4n) is 3.28. The molecular formula is C20H24ClFN2O3. The molecule has 1 N–H and O–H groups in total. The van der Waals surface area contributed by atoms with Crippen molar-refractivity contribution in [1.82, 2.24) is 10.2 Å². The molecule has 1 aliphatic heterocycles. The first-order valence-electron chi connectivity index (χ1n) is 8.59. The molecule has 27 heavy (non-hydrogen) atoms. The second kappa shape index (κ2) is 9.58. The number of nitrogens with zero attached hydrogens (tertiary/aromatic N) is 1. The zero-order valence-corrected chi connectivity index (χ0v) is 16.2. The van der Waals surface area contributed by atoms with E-state index in [4.69, 9.17) is 9.47 Å². The predicted octanol–water partition coefficient (Wildman–Crippen LogP) is 2.98. The predicted molar refractivity (Wildman–Crippen MR) is 104 cm³/mol. The lowest BCUT2D eigenvalue weighted by Crippen LogP contribution is -2.49. The molecule has 0 saturated carbocycles. The Morgan fingerprint density at radius 1 is 1.19 bits per heavy atom. The van der Waals surface area contributed by atoms with Gasteiger partial charge in [0.1, 0.15) is 5.82 Å². The maximum absolute atomic E-state index is 13.6. The summed E-state index contributed by atoms with van der Waals surface area (Å²) in [6, 6.07) is 11.7. The summed E-state index contributed by atoms with van der Waals surface area (Å²) in [5.41, 5.74) is 1.65. The molecule has 2 aromatic carbocycles. The van der Waals surface area contributed by atoms with Gasteiger partial charge in [-0.15, -0.1) is 12.4 Å². The van der Waals surface area contributed by atoms with Crippen molar-refractivity contribution in [2.45, 2.75) is 12.5 Å². The highest BCUT2D eigenvalue weighted by Gasteiger charge is 2.28. The quantitative estimate of drug-likeness (QED) is 0.847. The topological polar surface area (TPSA) is 50.8 Å². The Morgan fingerprint density at radius 2 is 1.96 bits per heavy atom. The van der Waals surface area contributed by atoms with Crippen molar-refractivity contribution in [3.05, 3.63) is 59.4 Å². The Morgan fingerprint density at radius 3 is 2.67 bits per heavy atom. The fraction of sp³-hybridized carbons (Fsp3) is 0.350. The van der Waals surface area contributed by atoms with Crippen LogP contribution in [0, 0.1) is 5.82 Å². The third-order valence-electron chi connectivity index (χ3n) is 4.60. The summed E-state index contributed by atoms with van der Waals surface area (Å²) in [5, 5.41) is 3.28. The van der Waals surface area contributed by atoms with Gasteiger partial charge in [-0.2, -0.15) is 0 Å². The van der Waals surface area contributed by atoms with Crippen LogP contribution in [0.25, 0.3) is 0 Å². The van der Waals surface area contributed by atoms with Crippen molar-refractivity contribution in [3.63, 3.8) is 0 Å². The molecule has 1 atom stereocenters. The number of nitrogens with one attached hydrogen (secondary N) is 1. The smallest absolute Gasteiger partial charge is 0.227 e. The van der Waals surface area contributed by atoms with E-state index in [2.05, 4.69) is 5.32 Å². The van der Waals surface area contributed by atoms with Crippen molar-refractivity contribution in [3.8, 4) is 11.5 Å². The Bertz CT molecular complexity index is 788. The first-order valence-corrected chi connectivity index (χ1v) is 8.59. The molecule has 7 heteroatoms. The van der Waals surface area contributed by atoms with Crippen LogP contribution in [0.2, 0.25) is 0 Å². The zero-order valence-electron chi connectivity index (χ0n) is 15.4. The molecular weight excluding hydrogens is 371 g/mol. The van der Waals surface area contributed by atoms with Crippen molar-refractivity contribution in [2.75, 3.05) is 33.9 Å². The van der Waals surface area contributed by atoms with Crippen LogP contribution < -0.4 is 14.8 Å². The molecule has 1 heterocycles. The largest absolute Gasteiger partial charge is 0.493 e. The summed E-state index contributed by atoms with van der Waals surface area (Å²) < 4.78 is 24.1. The van der Waals surface area contributed by atoms with E-state index in [1.807, 2.05) is 23.1 Å². The van der Waals surface area contributed by atoms with Crippen LogP contribution >= 0.6 is 12.4 Å². The average Bonchev–Trinajstić information content (AvgIpc) is 2.67. The van der Waals surface area contributed by atoms with Crippen LogP contribution in [0.4, 0.5) is 4.39 Å². The molecule has 0 aliphatic carbocycles. The lowest BCUT2D eigenvalue weighted by molar-refractivity contribution is -0.133. The van der Waals surface area contributed by atoms with E-state index in [9.17, 15) is 9.18 Å². The van der Waals surface area contributed by atoms with E-state index in [0.717, 1.165) is 17.7 Å². The number of hydrogen-bond acceptors (Lipinski definition) is 4.